The molecule has 32 heavy (non-hydrogen) atoms. The monoisotopic (exact) mass is 482 g/mol. The Labute approximate surface area is 191 Å². The molecule has 0 unspecified atom stereocenters. The van der Waals surface area contributed by atoms with Gasteiger partial charge in [0.2, 0.25) is 5.95 Å². The third-order valence-electron chi connectivity index (χ3n) is 4.55. The number of carboxylic acid groups (broad SMARTS) is 1. The molecule has 0 radical (unpaired) electrons. The predicted molar refractivity (Wildman–Crippen MR) is 119 cm³/mol. The molecule has 0 aliphatic rings. The number of aryl methyl sites for hydroxylation is 1. The van der Waals surface area contributed by atoms with Gasteiger partial charge in [0.25, 0.3) is 0 Å². The zero-order valence-corrected chi connectivity index (χ0v) is 19.2. The van der Waals surface area contributed by atoms with Crippen LogP contribution in [0.2, 0.25) is 0 Å². The molecule has 2 aromatic heterocycles. The third kappa shape index (κ3) is 5.98. The van der Waals surface area contributed by atoms with Crippen LogP contribution in [0.4, 0.5) is 19.1 Å². The largest absolute Gasteiger partial charge is 0.480 e. The van der Waals surface area contributed by atoms with Gasteiger partial charge in [0, 0.05) is 35.8 Å². The third-order valence-corrected chi connectivity index (χ3v) is 6.81. The molecule has 0 amide bonds. The van der Waals surface area contributed by atoms with Crippen LogP contribution in [0.25, 0.3) is 11.1 Å². The van der Waals surface area contributed by atoms with Gasteiger partial charge in [0.15, 0.2) is 4.34 Å². The minimum Gasteiger partial charge on any atom is -0.480 e. The number of aliphatic carboxylic acids is 1. The van der Waals surface area contributed by atoms with Crippen LogP contribution in [0.15, 0.2) is 41.0 Å². The van der Waals surface area contributed by atoms with E-state index in [4.69, 9.17) is 0 Å². The van der Waals surface area contributed by atoms with Crippen LogP contribution < -0.4 is 5.32 Å². The molecule has 2 N–H and O–H groups in total. The Morgan fingerprint density at radius 1 is 1.19 bits per heavy atom. The number of aromatic nitrogens is 3. The molecule has 0 bridgehead atoms. The number of nitrogens with one attached hydrogen (secondary N) is 1. The number of benzene rings is 1. The average Bonchev–Trinajstić information content (AvgIpc) is 3.06. The van der Waals surface area contributed by atoms with E-state index in [-0.39, 0.29) is 0 Å². The topological polar surface area (TPSA) is 88.0 Å². The molecule has 2 heterocycles. The van der Waals surface area contributed by atoms with Gasteiger partial charge in [0.1, 0.15) is 4.75 Å². The summed E-state index contributed by atoms with van der Waals surface area (Å²) in [6, 6.07) is 5.02. The number of halogens is 3. The van der Waals surface area contributed by atoms with Crippen molar-refractivity contribution in [2.45, 2.75) is 42.5 Å². The minimum absolute atomic E-state index is 0.357. The van der Waals surface area contributed by atoms with Gasteiger partial charge < -0.3 is 10.4 Å². The summed E-state index contributed by atoms with van der Waals surface area (Å²) in [6.45, 7) is 5.71. The first-order valence-electron chi connectivity index (χ1n) is 9.58. The van der Waals surface area contributed by atoms with Crippen LogP contribution >= 0.6 is 23.1 Å². The van der Waals surface area contributed by atoms with E-state index < -0.39 is 22.5 Å². The number of hydrogen-bond donors (Lipinski definition) is 2. The Bertz CT molecular complexity index is 1100. The van der Waals surface area contributed by atoms with Gasteiger partial charge in [-0.15, -0.1) is 11.3 Å². The number of alkyl halides is 3. The van der Waals surface area contributed by atoms with Gasteiger partial charge in [-0.05, 0) is 38.5 Å². The number of hydrogen-bond acceptors (Lipinski definition) is 7. The van der Waals surface area contributed by atoms with Gasteiger partial charge >= 0.3 is 12.1 Å². The maximum atomic E-state index is 12.9. The lowest BCUT2D eigenvalue weighted by Crippen LogP contribution is -2.26. The lowest BCUT2D eigenvalue weighted by Gasteiger charge is -2.15. The smallest absolute Gasteiger partial charge is 0.416 e. The van der Waals surface area contributed by atoms with Crippen LogP contribution in [-0.4, -0.2) is 37.3 Å². The first-order valence-corrected chi connectivity index (χ1v) is 11.2. The highest BCUT2D eigenvalue weighted by molar-refractivity contribution is 8.03. The summed E-state index contributed by atoms with van der Waals surface area (Å²) in [5.74, 6) is -0.542. The SMILES string of the molecule is Cc1sc(SC(C)(C)C(=O)O)nc1CCNc1ncc(-c2cccc(C(F)(F)F)c2)cn1. The van der Waals surface area contributed by atoms with E-state index in [0.717, 1.165) is 22.7 Å². The first kappa shape index (κ1) is 24.0. The fourth-order valence-electron chi connectivity index (χ4n) is 2.68. The average molecular weight is 483 g/mol. The van der Waals surface area contributed by atoms with Crippen molar-refractivity contribution in [3.05, 3.63) is 52.8 Å². The number of nitrogens with zero attached hydrogens (tertiary/aromatic N) is 3. The molecule has 3 rings (SSSR count). The molecule has 0 saturated heterocycles. The maximum Gasteiger partial charge on any atom is 0.416 e. The van der Waals surface area contributed by atoms with E-state index in [0.29, 0.717) is 34.4 Å². The summed E-state index contributed by atoms with van der Waals surface area (Å²) in [6.07, 6.45) is -0.869. The van der Waals surface area contributed by atoms with Crippen molar-refractivity contribution in [2.24, 2.45) is 0 Å². The number of rotatable bonds is 8. The van der Waals surface area contributed by atoms with Crippen molar-refractivity contribution in [1.82, 2.24) is 15.0 Å². The Morgan fingerprint density at radius 3 is 2.50 bits per heavy atom. The van der Waals surface area contributed by atoms with Crippen molar-refractivity contribution in [3.63, 3.8) is 0 Å². The van der Waals surface area contributed by atoms with E-state index >= 15 is 0 Å². The summed E-state index contributed by atoms with van der Waals surface area (Å²) in [5, 5.41) is 12.3. The van der Waals surface area contributed by atoms with Crippen molar-refractivity contribution in [2.75, 3.05) is 11.9 Å². The molecule has 0 fully saturated rings. The fourth-order valence-corrected chi connectivity index (χ4v) is 5.20. The highest BCUT2D eigenvalue weighted by atomic mass is 32.2. The first-order chi connectivity index (χ1) is 15.0. The highest BCUT2D eigenvalue weighted by Crippen LogP contribution is 2.36. The van der Waals surface area contributed by atoms with E-state index in [9.17, 15) is 23.1 Å². The molecule has 0 aliphatic carbocycles. The number of thiazole rings is 1. The normalized spacial score (nSPS) is 12.1. The van der Waals surface area contributed by atoms with Gasteiger partial charge in [0.05, 0.1) is 11.3 Å². The van der Waals surface area contributed by atoms with Crippen LogP contribution in [0.5, 0.6) is 0 Å². The second kappa shape index (κ2) is 9.45. The molecule has 170 valence electrons. The number of carboxylic acids is 1. The van der Waals surface area contributed by atoms with Crippen molar-refractivity contribution in [1.29, 1.82) is 0 Å². The Kier molecular flexibility index (Phi) is 7.09. The standard InChI is InChI=1S/C21H21F3N4O2S2/c1-12-16(28-19(31-12)32-20(2,3)17(29)30)7-8-25-18-26-10-14(11-27-18)13-5-4-6-15(9-13)21(22,23)24/h4-6,9-11H,7-8H2,1-3H3,(H,29,30)(H,25,26,27). The second-order valence-corrected chi connectivity index (χ2v) is 10.5. The Hall–Kier alpha value is -2.66. The molecule has 0 spiro atoms. The molecular formula is C21H21F3N4O2S2. The van der Waals surface area contributed by atoms with Gasteiger partial charge in [-0.25, -0.2) is 15.0 Å². The Morgan fingerprint density at radius 2 is 1.88 bits per heavy atom. The highest BCUT2D eigenvalue weighted by Gasteiger charge is 2.31. The zero-order valence-electron chi connectivity index (χ0n) is 17.5. The van der Waals surface area contributed by atoms with Gasteiger partial charge in [-0.1, -0.05) is 23.9 Å². The molecule has 6 nitrogen and oxygen atoms in total. The molecule has 0 atom stereocenters. The predicted octanol–water partition coefficient (Wildman–Crippen LogP) is 5.54. The van der Waals surface area contributed by atoms with Crippen LogP contribution in [0, 0.1) is 6.92 Å². The zero-order chi connectivity index (χ0) is 23.5. The molecule has 1 aromatic carbocycles. The lowest BCUT2D eigenvalue weighted by molar-refractivity contribution is -0.139. The van der Waals surface area contributed by atoms with E-state index in [1.807, 2.05) is 6.92 Å². The summed E-state index contributed by atoms with van der Waals surface area (Å²) in [5.41, 5.74) is 1.02. The number of carbonyl (C=O) groups is 1. The molecular weight excluding hydrogens is 461 g/mol. The second-order valence-electron chi connectivity index (χ2n) is 7.45. The molecule has 0 saturated carbocycles. The summed E-state index contributed by atoms with van der Waals surface area (Å²) in [7, 11) is 0. The van der Waals surface area contributed by atoms with E-state index in [1.165, 1.54) is 41.6 Å². The minimum atomic E-state index is -4.41. The van der Waals surface area contributed by atoms with Crippen molar-refractivity contribution >= 4 is 35.0 Å². The summed E-state index contributed by atoms with van der Waals surface area (Å²) in [4.78, 5) is 25.2. The van der Waals surface area contributed by atoms with Crippen molar-refractivity contribution in [3.8, 4) is 11.1 Å². The molecule has 0 aliphatic heterocycles. The van der Waals surface area contributed by atoms with Gasteiger partial charge in [-0.3, -0.25) is 4.79 Å². The summed E-state index contributed by atoms with van der Waals surface area (Å²) < 4.78 is 38.4. The van der Waals surface area contributed by atoms with Crippen LogP contribution in [-0.2, 0) is 17.4 Å². The quantitative estimate of drug-likeness (QED) is 0.408. The number of thioether (sulfide) groups is 1. The van der Waals surface area contributed by atoms with Crippen LogP contribution in [0.1, 0.15) is 30.0 Å². The fraction of sp³-hybridized carbons (Fsp3) is 0.333. The molecule has 11 heteroatoms. The number of anilines is 1. The Balaban J connectivity index is 1.59. The lowest BCUT2D eigenvalue weighted by atomic mass is 10.1. The maximum absolute atomic E-state index is 12.9. The summed E-state index contributed by atoms with van der Waals surface area (Å²) >= 11 is 2.67. The van der Waals surface area contributed by atoms with Gasteiger partial charge in [-0.2, -0.15) is 13.2 Å². The van der Waals surface area contributed by atoms with Crippen molar-refractivity contribution < 1.29 is 23.1 Å². The van der Waals surface area contributed by atoms with E-state index in [2.05, 4.69) is 20.3 Å². The molecule has 3 aromatic rings. The van der Waals surface area contributed by atoms with E-state index in [1.54, 1.807) is 19.9 Å². The van der Waals surface area contributed by atoms with Crippen LogP contribution in [0.3, 0.4) is 0 Å².